The molecule has 4 saturated carbocycles. The van der Waals surface area contributed by atoms with Gasteiger partial charge in [-0.25, -0.2) is 4.39 Å². The van der Waals surface area contributed by atoms with E-state index in [1.54, 1.807) is 6.92 Å². The number of hydrogen-bond donors (Lipinski definition) is 3. The minimum Gasteiger partial charge on any atom is -0.496 e. The summed E-state index contributed by atoms with van der Waals surface area (Å²) in [6.07, 6.45) is 6.38. The number of fused-ring (bicyclic) bond motifs is 2. The average molecular weight is 517 g/mol. The molecular formula is C28H37FN2O6. The second kappa shape index (κ2) is 9.48. The predicted molar refractivity (Wildman–Crippen MR) is 133 cm³/mol. The van der Waals surface area contributed by atoms with E-state index in [1.807, 2.05) is 0 Å². The highest BCUT2D eigenvalue weighted by Gasteiger charge is 2.52. The van der Waals surface area contributed by atoms with Crippen LogP contribution in [0.25, 0.3) is 0 Å². The Morgan fingerprint density at radius 1 is 1.11 bits per heavy atom. The van der Waals surface area contributed by atoms with Gasteiger partial charge in [-0.15, -0.1) is 0 Å². The lowest BCUT2D eigenvalue weighted by Gasteiger charge is -2.41. The van der Waals surface area contributed by atoms with Crippen molar-refractivity contribution in [3.63, 3.8) is 0 Å². The van der Waals surface area contributed by atoms with E-state index in [9.17, 15) is 23.9 Å². The van der Waals surface area contributed by atoms with Crippen molar-refractivity contribution in [1.82, 2.24) is 10.6 Å². The summed E-state index contributed by atoms with van der Waals surface area (Å²) < 4.78 is 25.8. The van der Waals surface area contributed by atoms with Crippen LogP contribution in [-0.4, -0.2) is 48.7 Å². The summed E-state index contributed by atoms with van der Waals surface area (Å²) in [5, 5.41) is 15.6. The molecule has 4 fully saturated rings. The number of ether oxygens (including phenoxy) is 2. The smallest absolute Gasteiger partial charge is 0.309 e. The molecule has 0 saturated heterocycles. The van der Waals surface area contributed by atoms with Gasteiger partial charge in [0, 0.05) is 31.5 Å². The van der Waals surface area contributed by atoms with Crippen LogP contribution in [0.4, 0.5) is 4.39 Å². The Hall–Kier alpha value is -2.84. The number of benzene rings is 1. The Labute approximate surface area is 216 Å². The highest BCUT2D eigenvalue weighted by molar-refractivity contribution is 5.98. The van der Waals surface area contributed by atoms with Crippen LogP contribution in [-0.2, 0) is 9.59 Å². The molecule has 1 aromatic rings. The highest BCUT2D eigenvalue weighted by atomic mass is 19.1. The first-order valence-electron chi connectivity index (χ1n) is 13.4. The molecule has 0 aliphatic heterocycles. The van der Waals surface area contributed by atoms with E-state index >= 15 is 0 Å². The van der Waals surface area contributed by atoms with E-state index in [0.717, 1.165) is 38.2 Å². The van der Waals surface area contributed by atoms with Crippen LogP contribution in [0.1, 0.15) is 75.6 Å². The lowest BCUT2D eigenvalue weighted by Crippen LogP contribution is -2.51. The lowest BCUT2D eigenvalue weighted by molar-refractivity contribution is -0.159. The van der Waals surface area contributed by atoms with Crippen molar-refractivity contribution in [3.8, 4) is 11.5 Å². The SMILES string of the molecule is COc1cc(F)c(OC2CC(C)(C(=O)O)C2)cc1C(=O)NC1C2CCC(C2)C1C(=O)NCC1(C)CCC1. The Morgan fingerprint density at radius 3 is 2.43 bits per heavy atom. The van der Waals surface area contributed by atoms with Crippen molar-refractivity contribution in [3.05, 3.63) is 23.5 Å². The molecule has 4 atom stereocenters. The van der Waals surface area contributed by atoms with Gasteiger partial charge >= 0.3 is 5.97 Å². The maximum absolute atomic E-state index is 14.8. The summed E-state index contributed by atoms with van der Waals surface area (Å²) in [5.74, 6) is -1.85. The molecule has 0 heterocycles. The highest BCUT2D eigenvalue weighted by Crippen LogP contribution is 2.49. The molecular weight excluding hydrogens is 479 g/mol. The lowest BCUT2D eigenvalue weighted by atomic mass is 9.68. The second-order valence-electron chi connectivity index (χ2n) is 12.2. The molecule has 5 rings (SSSR count). The Balaban J connectivity index is 1.29. The molecule has 0 aromatic heterocycles. The van der Waals surface area contributed by atoms with E-state index in [4.69, 9.17) is 9.47 Å². The van der Waals surface area contributed by atoms with E-state index < -0.39 is 29.2 Å². The fourth-order valence-electron chi connectivity index (χ4n) is 6.84. The first kappa shape index (κ1) is 25.8. The summed E-state index contributed by atoms with van der Waals surface area (Å²) >= 11 is 0. The molecule has 202 valence electrons. The number of carbonyl (C=O) groups excluding carboxylic acids is 2. The quantitative estimate of drug-likeness (QED) is 0.459. The number of carboxylic acids is 1. The van der Waals surface area contributed by atoms with Crippen molar-refractivity contribution in [2.75, 3.05) is 13.7 Å². The number of halogens is 1. The van der Waals surface area contributed by atoms with Crippen molar-refractivity contribution < 1.29 is 33.4 Å². The van der Waals surface area contributed by atoms with Crippen LogP contribution in [0.2, 0.25) is 0 Å². The van der Waals surface area contributed by atoms with Gasteiger partial charge in [-0.2, -0.15) is 0 Å². The number of amides is 2. The fourth-order valence-corrected chi connectivity index (χ4v) is 6.84. The molecule has 2 bridgehead atoms. The Kier molecular flexibility index (Phi) is 6.61. The monoisotopic (exact) mass is 516 g/mol. The van der Waals surface area contributed by atoms with E-state index in [2.05, 4.69) is 17.6 Å². The van der Waals surface area contributed by atoms with Gasteiger partial charge in [-0.3, -0.25) is 14.4 Å². The number of carboxylic acid groups (broad SMARTS) is 1. The normalized spacial score (nSPS) is 33.1. The van der Waals surface area contributed by atoms with Gasteiger partial charge in [0.2, 0.25) is 5.91 Å². The molecule has 2 amide bonds. The van der Waals surface area contributed by atoms with Gasteiger partial charge in [0.15, 0.2) is 11.6 Å². The first-order valence-corrected chi connectivity index (χ1v) is 13.4. The summed E-state index contributed by atoms with van der Waals surface area (Å²) in [5.41, 5.74) is -0.587. The Bertz CT molecular complexity index is 1100. The number of carbonyl (C=O) groups is 3. The van der Waals surface area contributed by atoms with Gasteiger partial charge in [0.25, 0.3) is 5.91 Å². The molecule has 3 N–H and O–H groups in total. The number of hydrogen-bond acceptors (Lipinski definition) is 5. The van der Waals surface area contributed by atoms with Gasteiger partial charge < -0.3 is 25.2 Å². The molecule has 37 heavy (non-hydrogen) atoms. The van der Waals surface area contributed by atoms with Crippen molar-refractivity contribution in [2.24, 2.45) is 28.6 Å². The topological polar surface area (TPSA) is 114 Å². The molecule has 9 heteroatoms. The van der Waals surface area contributed by atoms with E-state index in [1.165, 1.54) is 19.6 Å². The second-order valence-corrected chi connectivity index (χ2v) is 12.2. The predicted octanol–water partition coefficient (Wildman–Crippen LogP) is 3.92. The van der Waals surface area contributed by atoms with Crippen molar-refractivity contribution >= 4 is 17.8 Å². The molecule has 0 radical (unpaired) electrons. The summed E-state index contributed by atoms with van der Waals surface area (Å²) in [7, 11) is 1.37. The number of nitrogens with one attached hydrogen (secondary N) is 2. The van der Waals surface area contributed by atoms with Crippen molar-refractivity contribution in [2.45, 2.75) is 77.4 Å². The standard InChI is InChI=1S/C28H37FN2O6/c1-27(7-4-8-27)14-30-25(33)22-15-5-6-16(9-15)23(22)31-24(32)18-10-21(19(29)11-20(18)36-3)37-17-12-28(2,13-17)26(34)35/h10-11,15-17,22-23H,4-9,12-14H2,1-3H3,(H,30,33)(H,31,32)(H,34,35). The van der Waals surface area contributed by atoms with Crippen LogP contribution < -0.4 is 20.1 Å². The van der Waals surface area contributed by atoms with Gasteiger partial charge in [0.05, 0.1) is 24.0 Å². The number of methoxy groups -OCH3 is 1. The van der Waals surface area contributed by atoms with Crippen molar-refractivity contribution in [1.29, 1.82) is 0 Å². The van der Waals surface area contributed by atoms with Crippen LogP contribution in [0.3, 0.4) is 0 Å². The van der Waals surface area contributed by atoms with Gasteiger partial charge in [-0.05, 0) is 62.3 Å². The summed E-state index contributed by atoms with van der Waals surface area (Å²) in [4.78, 5) is 38.0. The molecule has 4 aliphatic carbocycles. The zero-order valence-corrected chi connectivity index (χ0v) is 21.8. The van der Waals surface area contributed by atoms with Crippen LogP contribution in [0, 0.1) is 34.4 Å². The molecule has 4 unspecified atom stereocenters. The third kappa shape index (κ3) is 4.77. The molecule has 1 aromatic carbocycles. The zero-order valence-electron chi connectivity index (χ0n) is 21.8. The minimum atomic E-state index is -0.908. The zero-order chi connectivity index (χ0) is 26.5. The molecule has 8 nitrogen and oxygen atoms in total. The maximum atomic E-state index is 14.8. The number of aliphatic carboxylic acids is 1. The molecule has 4 aliphatic rings. The van der Waals surface area contributed by atoms with E-state index in [0.29, 0.717) is 6.54 Å². The van der Waals surface area contributed by atoms with Crippen LogP contribution in [0.5, 0.6) is 11.5 Å². The average Bonchev–Trinajstić information content (AvgIpc) is 3.42. The van der Waals surface area contributed by atoms with Crippen LogP contribution >= 0.6 is 0 Å². The van der Waals surface area contributed by atoms with Crippen LogP contribution in [0.15, 0.2) is 12.1 Å². The maximum Gasteiger partial charge on any atom is 0.309 e. The third-order valence-corrected chi connectivity index (χ3v) is 9.43. The fraction of sp³-hybridized carbons (Fsp3) is 0.679. The minimum absolute atomic E-state index is 0.00665. The summed E-state index contributed by atoms with van der Waals surface area (Å²) in [6.45, 7) is 4.49. The Morgan fingerprint density at radius 2 is 1.81 bits per heavy atom. The third-order valence-electron chi connectivity index (χ3n) is 9.43. The van der Waals surface area contributed by atoms with Gasteiger partial charge in [-0.1, -0.05) is 13.3 Å². The largest absolute Gasteiger partial charge is 0.496 e. The number of rotatable bonds is 9. The van der Waals surface area contributed by atoms with E-state index in [-0.39, 0.29) is 65.0 Å². The summed E-state index contributed by atoms with van der Waals surface area (Å²) in [6, 6.07) is 2.14. The molecule has 0 spiro atoms. The first-order chi connectivity index (χ1) is 17.5. The van der Waals surface area contributed by atoms with Gasteiger partial charge in [0.1, 0.15) is 11.9 Å².